The first kappa shape index (κ1) is 11.8. The van der Waals surface area contributed by atoms with E-state index in [4.69, 9.17) is 4.74 Å². The summed E-state index contributed by atoms with van der Waals surface area (Å²) in [5.41, 5.74) is 2.75. The highest BCUT2D eigenvalue weighted by molar-refractivity contribution is 6.12. The van der Waals surface area contributed by atoms with E-state index in [2.05, 4.69) is 0 Å². The number of rotatable bonds is 3. The summed E-state index contributed by atoms with van der Waals surface area (Å²) in [6.45, 7) is 4.30. The van der Waals surface area contributed by atoms with Crippen molar-refractivity contribution in [3.8, 4) is 0 Å². The molecule has 0 fully saturated rings. The second-order valence-electron chi connectivity index (χ2n) is 4.45. The molecule has 1 atom stereocenters. The lowest BCUT2D eigenvalue weighted by Gasteiger charge is -2.07. The number of hydrogen-bond donors (Lipinski definition) is 0. The molecule has 1 aliphatic rings. The van der Waals surface area contributed by atoms with Crippen LogP contribution < -0.4 is 0 Å². The minimum atomic E-state index is -0.627. The number of ketones is 1. The fourth-order valence-electron chi connectivity index (χ4n) is 2.13. The second-order valence-corrected chi connectivity index (χ2v) is 4.45. The van der Waals surface area contributed by atoms with Gasteiger partial charge >= 0.3 is 5.97 Å². The van der Waals surface area contributed by atoms with Crippen LogP contribution in [0.2, 0.25) is 0 Å². The summed E-state index contributed by atoms with van der Waals surface area (Å²) in [6, 6.07) is 5.68. The first-order valence-corrected chi connectivity index (χ1v) is 5.94. The van der Waals surface area contributed by atoms with Gasteiger partial charge in [-0.3, -0.25) is 9.59 Å². The Morgan fingerprint density at radius 3 is 2.94 bits per heavy atom. The van der Waals surface area contributed by atoms with Crippen LogP contribution in [0.15, 0.2) is 18.2 Å². The molecular formula is C14H16O3. The maximum Gasteiger partial charge on any atom is 0.317 e. The number of fused-ring (bicyclic) bond motifs is 1. The van der Waals surface area contributed by atoms with E-state index >= 15 is 0 Å². The lowest BCUT2D eigenvalue weighted by molar-refractivity contribution is -0.146. The smallest absolute Gasteiger partial charge is 0.317 e. The number of esters is 1. The van der Waals surface area contributed by atoms with Crippen molar-refractivity contribution >= 4 is 11.8 Å². The monoisotopic (exact) mass is 232 g/mol. The minimum absolute atomic E-state index is 0.0962. The number of Topliss-reactive ketones (excluding diaryl/α,β-unsaturated/α-hetero) is 1. The Kier molecular flexibility index (Phi) is 3.27. The molecule has 0 aromatic heterocycles. The zero-order valence-corrected chi connectivity index (χ0v) is 10.2. The molecule has 0 radical (unpaired) electrons. The molecule has 0 bridgehead atoms. The van der Waals surface area contributed by atoms with Crippen LogP contribution in [-0.2, 0) is 16.0 Å². The van der Waals surface area contributed by atoms with Gasteiger partial charge in [0.05, 0.1) is 6.61 Å². The van der Waals surface area contributed by atoms with Crippen LogP contribution in [0.4, 0.5) is 0 Å². The molecule has 3 heteroatoms. The summed E-state index contributed by atoms with van der Waals surface area (Å²) in [4.78, 5) is 23.7. The topological polar surface area (TPSA) is 43.4 Å². The maximum absolute atomic E-state index is 12.0. The minimum Gasteiger partial charge on any atom is -0.465 e. The van der Waals surface area contributed by atoms with Gasteiger partial charge in [-0.25, -0.2) is 0 Å². The average Bonchev–Trinajstić information content (AvgIpc) is 2.63. The molecule has 1 aromatic rings. The third-order valence-electron chi connectivity index (χ3n) is 3.00. The van der Waals surface area contributed by atoms with Crippen molar-refractivity contribution in [1.29, 1.82) is 0 Å². The van der Waals surface area contributed by atoms with E-state index in [-0.39, 0.29) is 11.8 Å². The molecule has 0 spiro atoms. The van der Waals surface area contributed by atoms with Crippen LogP contribution >= 0.6 is 0 Å². The SMILES string of the molecule is CCCOC(=O)C1Cc2cc(C)ccc2C1=O. The van der Waals surface area contributed by atoms with Gasteiger partial charge in [0, 0.05) is 5.56 Å². The highest BCUT2D eigenvalue weighted by Gasteiger charge is 2.36. The third-order valence-corrected chi connectivity index (χ3v) is 3.00. The molecule has 1 unspecified atom stereocenters. The van der Waals surface area contributed by atoms with Gasteiger partial charge in [0.1, 0.15) is 5.92 Å². The van der Waals surface area contributed by atoms with Gasteiger partial charge in [0.25, 0.3) is 0 Å². The molecule has 1 aliphatic carbocycles. The summed E-state index contributed by atoms with van der Waals surface area (Å²) in [5, 5.41) is 0. The fraction of sp³-hybridized carbons (Fsp3) is 0.429. The van der Waals surface area contributed by atoms with Gasteiger partial charge in [0.15, 0.2) is 5.78 Å². The average molecular weight is 232 g/mol. The number of carbonyl (C=O) groups excluding carboxylic acids is 2. The Morgan fingerprint density at radius 2 is 2.24 bits per heavy atom. The van der Waals surface area contributed by atoms with Gasteiger partial charge in [-0.15, -0.1) is 0 Å². The normalized spacial score (nSPS) is 18.0. The fourth-order valence-corrected chi connectivity index (χ4v) is 2.13. The molecule has 2 rings (SSSR count). The van der Waals surface area contributed by atoms with E-state index in [0.29, 0.717) is 18.6 Å². The van der Waals surface area contributed by atoms with Gasteiger partial charge in [-0.05, 0) is 25.3 Å². The Balaban J connectivity index is 2.16. The molecule has 0 aliphatic heterocycles. The van der Waals surface area contributed by atoms with E-state index in [0.717, 1.165) is 17.5 Å². The van der Waals surface area contributed by atoms with E-state index in [1.54, 1.807) is 6.07 Å². The maximum atomic E-state index is 12.0. The van der Waals surface area contributed by atoms with E-state index in [1.807, 2.05) is 26.0 Å². The van der Waals surface area contributed by atoms with Crippen molar-refractivity contribution in [1.82, 2.24) is 0 Å². The predicted molar refractivity (Wildman–Crippen MR) is 64.0 cm³/mol. The molecular weight excluding hydrogens is 216 g/mol. The molecule has 0 amide bonds. The summed E-state index contributed by atoms with van der Waals surface area (Å²) in [5.74, 6) is -1.11. The first-order valence-electron chi connectivity index (χ1n) is 5.94. The zero-order chi connectivity index (χ0) is 12.4. The van der Waals surface area contributed by atoms with Crippen molar-refractivity contribution < 1.29 is 14.3 Å². The molecule has 17 heavy (non-hydrogen) atoms. The molecule has 90 valence electrons. The lowest BCUT2D eigenvalue weighted by Crippen LogP contribution is -2.23. The first-order chi connectivity index (χ1) is 8.13. The van der Waals surface area contributed by atoms with Crippen LogP contribution in [0, 0.1) is 12.8 Å². The molecule has 1 aromatic carbocycles. The second kappa shape index (κ2) is 4.70. The standard InChI is InChI=1S/C14H16O3/c1-3-6-17-14(16)12-8-10-7-9(2)4-5-11(10)13(12)15/h4-5,7,12H,3,6,8H2,1-2H3. The summed E-state index contributed by atoms with van der Waals surface area (Å²) in [6.07, 6.45) is 1.26. The third kappa shape index (κ3) is 2.23. The Morgan fingerprint density at radius 1 is 1.47 bits per heavy atom. The van der Waals surface area contributed by atoms with Gasteiger partial charge < -0.3 is 4.74 Å². The molecule has 0 heterocycles. The number of ether oxygens (including phenoxy) is 1. The number of benzene rings is 1. The largest absolute Gasteiger partial charge is 0.465 e. The molecule has 0 saturated heterocycles. The van der Waals surface area contributed by atoms with Gasteiger partial charge in [-0.1, -0.05) is 30.7 Å². The van der Waals surface area contributed by atoms with Crippen molar-refractivity contribution in [2.45, 2.75) is 26.7 Å². The quantitative estimate of drug-likeness (QED) is 0.593. The van der Waals surface area contributed by atoms with Crippen LogP contribution in [0.1, 0.15) is 34.8 Å². The predicted octanol–water partition coefficient (Wildman–Crippen LogP) is 2.30. The number of hydrogen-bond acceptors (Lipinski definition) is 3. The van der Waals surface area contributed by atoms with Crippen molar-refractivity contribution in [3.63, 3.8) is 0 Å². The Bertz CT molecular complexity index is 463. The summed E-state index contributed by atoms with van der Waals surface area (Å²) in [7, 11) is 0. The van der Waals surface area contributed by atoms with E-state index in [1.165, 1.54) is 0 Å². The number of carbonyl (C=O) groups is 2. The van der Waals surface area contributed by atoms with E-state index in [9.17, 15) is 9.59 Å². The highest BCUT2D eigenvalue weighted by atomic mass is 16.5. The van der Waals surface area contributed by atoms with Crippen molar-refractivity contribution in [3.05, 3.63) is 34.9 Å². The molecule has 0 saturated carbocycles. The Hall–Kier alpha value is -1.64. The lowest BCUT2D eigenvalue weighted by atomic mass is 10.1. The van der Waals surface area contributed by atoms with Crippen molar-refractivity contribution in [2.24, 2.45) is 5.92 Å². The van der Waals surface area contributed by atoms with Gasteiger partial charge in [0.2, 0.25) is 0 Å². The molecule has 3 nitrogen and oxygen atoms in total. The van der Waals surface area contributed by atoms with E-state index < -0.39 is 5.92 Å². The van der Waals surface area contributed by atoms with Crippen molar-refractivity contribution in [2.75, 3.05) is 6.61 Å². The summed E-state index contributed by atoms with van der Waals surface area (Å²) >= 11 is 0. The van der Waals surface area contributed by atoms with Crippen LogP contribution in [0.5, 0.6) is 0 Å². The van der Waals surface area contributed by atoms with Crippen LogP contribution in [0.3, 0.4) is 0 Å². The number of aryl methyl sites for hydroxylation is 1. The zero-order valence-electron chi connectivity index (χ0n) is 10.2. The van der Waals surface area contributed by atoms with Crippen LogP contribution in [0.25, 0.3) is 0 Å². The van der Waals surface area contributed by atoms with Gasteiger partial charge in [-0.2, -0.15) is 0 Å². The molecule has 0 N–H and O–H groups in total. The Labute approximate surface area is 101 Å². The van der Waals surface area contributed by atoms with Crippen LogP contribution in [-0.4, -0.2) is 18.4 Å². The summed E-state index contributed by atoms with van der Waals surface area (Å²) < 4.78 is 5.05. The highest BCUT2D eigenvalue weighted by Crippen LogP contribution is 2.28.